The largest absolute Gasteiger partial charge is 0.468 e. The van der Waals surface area contributed by atoms with Gasteiger partial charge in [0.25, 0.3) is 0 Å². The predicted molar refractivity (Wildman–Crippen MR) is 71.5 cm³/mol. The second-order valence-corrected chi connectivity index (χ2v) is 5.63. The van der Waals surface area contributed by atoms with E-state index in [1.807, 2.05) is 30.7 Å². The first-order chi connectivity index (χ1) is 8.66. The number of thioether (sulfide) groups is 1. The topological polar surface area (TPSA) is 55.9 Å². The molecule has 0 saturated carbocycles. The van der Waals surface area contributed by atoms with E-state index in [4.69, 9.17) is 4.42 Å². The lowest BCUT2D eigenvalue weighted by Crippen LogP contribution is -2.22. The Morgan fingerprint density at radius 3 is 2.94 bits per heavy atom. The van der Waals surface area contributed by atoms with Crippen LogP contribution in [0.1, 0.15) is 18.5 Å². The van der Waals surface area contributed by atoms with Gasteiger partial charge in [-0.1, -0.05) is 18.7 Å². The number of nitrogens with zero attached hydrogens (tertiary/aromatic N) is 3. The average molecular weight is 266 g/mol. The standard InChI is InChI=1S/C12H18N4OS/c1-9(7-13-8-11-5-4-6-17-11)18-12-15-14-10(2)16(12)3/h4-6,9,13H,7-8H2,1-3H3. The molecule has 0 aliphatic rings. The summed E-state index contributed by atoms with van der Waals surface area (Å²) in [5, 5.41) is 12.9. The molecule has 2 aromatic rings. The minimum absolute atomic E-state index is 0.433. The molecule has 2 rings (SSSR count). The molecule has 0 fully saturated rings. The van der Waals surface area contributed by atoms with Crippen molar-refractivity contribution in [2.45, 2.75) is 30.8 Å². The molecule has 0 aromatic carbocycles. The molecule has 0 spiro atoms. The molecule has 1 unspecified atom stereocenters. The van der Waals surface area contributed by atoms with Gasteiger partial charge in [-0.15, -0.1) is 10.2 Å². The zero-order chi connectivity index (χ0) is 13.0. The van der Waals surface area contributed by atoms with E-state index in [2.05, 4.69) is 22.4 Å². The maximum atomic E-state index is 5.26. The number of furan rings is 1. The summed E-state index contributed by atoms with van der Waals surface area (Å²) in [6, 6.07) is 3.87. The van der Waals surface area contributed by atoms with Crippen LogP contribution in [0.3, 0.4) is 0 Å². The molecule has 0 aliphatic heterocycles. The molecular formula is C12H18N4OS. The number of aryl methyl sites for hydroxylation is 1. The zero-order valence-electron chi connectivity index (χ0n) is 10.9. The van der Waals surface area contributed by atoms with Crippen molar-refractivity contribution in [3.63, 3.8) is 0 Å². The number of aromatic nitrogens is 3. The van der Waals surface area contributed by atoms with Crippen LogP contribution >= 0.6 is 11.8 Å². The highest BCUT2D eigenvalue weighted by atomic mass is 32.2. The fraction of sp³-hybridized carbons (Fsp3) is 0.500. The normalized spacial score (nSPS) is 12.8. The molecule has 6 heteroatoms. The van der Waals surface area contributed by atoms with Crippen molar-refractivity contribution >= 4 is 11.8 Å². The Hall–Kier alpha value is -1.27. The molecule has 98 valence electrons. The minimum Gasteiger partial charge on any atom is -0.468 e. The van der Waals surface area contributed by atoms with Gasteiger partial charge in [0.05, 0.1) is 12.8 Å². The van der Waals surface area contributed by atoms with Crippen molar-refractivity contribution in [1.82, 2.24) is 20.1 Å². The fourth-order valence-corrected chi connectivity index (χ4v) is 2.46. The van der Waals surface area contributed by atoms with E-state index >= 15 is 0 Å². The highest BCUT2D eigenvalue weighted by Gasteiger charge is 2.10. The number of hydrogen-bond donors (Lipinski definition) is 1. The number of rotatable bonds is 6. The third-order valence-electron chi connectivity index (χ3n) is 2.67. The molecule has 5 nitrogen and oxygen atoms in total. The van der Waals surface area contributed by atoms with Gasteiger partial charge in [-0.05, 0) is 19.1 Å². The van der Waals surface area contributed by atoms with Gasteiger partial charge in [0.15, 0.2) is 5.16 Å². The summed E-state index contributed by atoms with van der Waals surface area (Å²) in [4.78, 5) is 0. The Bertz CT molecular complexity index is 480. The predicted octanol–water partition coefficient (Wildman–Crippen LogP) is 1.99. The van der Waals surface area contributed by atoms with Crippen LogP contribution in [0.4, 0.5) is 0 Å². The first kappa shape index (κ1) is 13.2. The number of hydrogen-bond acceptors (Lipinski definition) is 5. The third kappa shape index (κ3) is 3.36. The van der Waals surface area contributed by atoms with Crippen LogP contribution in [0.5, 0.6) is 0 Å². The van der Waals surface area contributed by atoms with Crippen molar-refractivity contribution < 1.29 is 4.42 Å². The van der Waals surface area contributed by atoms with E-state index in [1.54, 1.807) is 18.0 Å². The van der Waals surface area contributed by atoms with E-state index < -0.39 is 0 Å². The molecule has 0 aliphatic carbocycles. The lowest BCUT2D eigenvalue weighted by atomic mass is 10.4. The SMILES string of the molecule is Cc1nnc(SC(C)CNCc2ccco2)n1C. The van der Waals surface area contributed by atoms with Crippen molar-refractivity contribution in [3.8, 4) is 0 Å². The maximum Gasteiger partial charge on any atom is 0.191 e. The van der Waals surface area contributed by atoms with Crippen molar-refractivity contribution in [1.29, 1.82) is 0 Å². The van der Waals surface area contributed by atoms with E-state index in [9.17, 15) is 0 Å². The van der Waals surface area contributed by atoms with Crippen LogP contribution in [0.15, 0.2) is 28.0 Å². The van der Waals surface area contributed by atoms with Gasteiger partial charge < -0.3 is 14.3 Å². The van der Waals surface area contributed by atoms with Gasteiger partial charge in [-0.3, -0.25) is 0 Å². The van der Waals surface area contributed by atoms with Gasteiger partial charge in [0.1, 0.15) is 11.6 Å². The molecule has 1 N–H and O–H groups in total. The Kier molecular flexibility index (Phi) is 4.43. The molecule has 0 bridgehead atoms. The monoisotopic (exact) mass is 266 g/mol. The van der Waals surface area contributed by atoms with Gasteiger partial charge >= 0.3 is 0 Å². The average Bonchev–Trinajstić information content (AvgIpc) is 2.95. The van der Waals surface area contributed by atoms with Crippen LogP contribution in [0, 0.1) is 6.92 Å². The Labute approximate surface area is 111 Å². The molecule has 2 aromatic heterocycles. The van der Waals surface area contributed by atoms with Crippen molar-refractivity contribution in [3.05, 3.63) is 30.0 Å². The first-order valence-electron chi connectivity index (χ1n) is 5.92. The summed E-state index contributed by atoms with van der Waals surface area (Å²) in [6.07, 6.45) is 1.69. The smallest absolute Gasteiger partial charge is 0.191 e. The Morgan fingerprint density at radius 1 is 1.50 bits per heavy atom. The van der Waals surface area contributed by atoms with Gasteiger partial charge in [0.2, 0.25) is 0 Å². The first-order valence-corrected chi connectivity index (χ1v) is 6.80. The van der Waals surface area contributed by atoms with E-state index in [0.29, 0.717) is 5.25 Å². The fourth-order valence-electron chi connectivity index (χ4n) is 1.52. The highest BCUT2D eigenvalue weighted by Crippen LogP contribution is 2.20. The number of nitrogens with one attached hydrogen (secondary N) is 1. The summed E-state index contributed by atoms with van der Waals surface area (Å²) in [7, 11) is 1.99. The molecule has 0 saturated heterocycles. The molecule has 0 radical (unpaired) electrons. The van der Waals surface area contributed by atoms with Crippen molar-refractivity contribution in [2.24, 2.45) is 7.05 Å². The van der Waals surface area contributed by atoms with Crippen LogP contribution < -0.4 is 5.32 Å². The summed E-state index contributed by atoms with van der Waals surface area (Å²) in [5.74, 6) is 1.90. The van der Waals surface area contributed by atoms with Crippen LogP contribution in [0.2, 0.25) is 0 Å². The van der Waals surface area contributed by atoms with E-state index in [-0.39, 0.29) is 0 Å². The molecule has 1 atom stereocenters. The quantitative estimate of drug-likeness (QED) is 0.810. The van der Waals surface area contributed by atoms with Crippen LogP contribution in [-0.4, -0.2) is 26.6 Å². The van der Waals surface area contributed by atoms with Gasteiger partial charge in [0, 0.05) is 18.8 Å². The van der Waals surface area contributed by atoms with Gasteiger partial charge in [-0.2, -0.15) is 0 Å². The van der Waals surface area contributed by atoms with Crippen LogP contribution in [0.25, 0.3) is 0 Å². The molecular weight excluding hydrogens is 248 g/mol. The minimum atomic E-state index is 0.433. The zero-order valence-corrected chi connectivity index (χ0v) is 11.7. The molecule has 2 heterocycles. The van der Waals surface area contributed by atoms with E-state index in [1.165, 1.54) is 0 Å². The molecule has 18 heavy (non-hydrogen) atoms. The summed E-state index contributed by atoms with van der Waals surface area (Å²) in [6.45, 7) is 5.79. The second-order valence-electron chi connectivity index (χ2n) is 4.23. The lowest BCUT2D eigenvalue weighted by Gasteiger charge is -2.11. The highest BCUT2D eigenvalue weighted by molar-refractivity contribution is 7.99. The van der Waals surface area contributed by atoms with E-state index in [0.717, 1.165) is 29.8 Å². The van der Waals surface area contributed by atoms with Crippen molar-refractivity contribution in [2.75, 3.05) is 6.54 Å². The summed E-state index contributed by atoms with van der Waals surface area (Å²) >= 11 is 1.72. The lowest BCUT2D eigenvalue weighted by molar-refractivity contribution is 0.484. The maximum absolute atomic E-state index is 5.26. The third-order valence-corrected chi connectivity index (χ3v) is 3.81. The Balaban J connectivity index is 1.75. The molecule has 0 amide bonds. The second kappa shape index (κ2) is 6.06. The summed E-state index contributed by atoms with van der Waals surface area (Å²) < 4.78 is 7.27. The van der Waals surface area contributed by atoms with Gasteiger partial charge in [-0.25, -0.2) is 0 Å². The Morgan fingerprint density at radius 2 is 2.33 bits per heavy atom. The van der Waals surface area contributed by atoms with Crippen LogP contribution in [-0.2, 0) is 13.6 Å². The summed E-state index contributed by atoms with van der Waals surface area (Å²) in [5.41, 5.74) is 0.